The van der Waals surface area contributed by atoms with Gasteiger partial charge in [-0.05, 0) is 66.3 Å². The van der Waals surface area contributed by atoms with Crippen LogP contribution in [0.5, 0.6) is 0 Å². The van der Waals surface area contributed by atoms with Crippen LogP contribution in [0.25, 0.3) is 0 Å². The molecule has 1 atom stereocenters. The van der Waals surface area contributed by atoms with Crippen molar-refractivity contribution in [1.82, 2.24) is 4.90 Å². The number of para-hydroxylation sites is 1. The summed E-state index contributed by atoms with van der Waals surface area (Å²) in [7, 11) is 1.73. The molecule has 2 aromatic carbocycles. The zero-order chi connectivity index (χ0) is 18.4. The standard InChI is InChI=1S/C18H19BrClN3O2/c1-12(18(25)21-14-9-7-13(20)8-10-14)23(2)11-17(24)22-16-6-4-3-5-15(16)19/h3-10,12H,11H2,1-2H3,(H,21,25)(H,22,24)/t12-/m0/s1. The third-order valence-corrected chi connectivity index (χ3v) is 4.64. The molecule has 0 bridgehead atoms. The van der Waals surface area contributed by atoms with E-state index >= 15 is 0 Å². The van der Waals surface area contributed by atoms with Gasteiger partial charge in [-0.25, -0.2) is 0 Å². The molecule has 2 amide bonds. The second kappa shape index (κ2) is 8.99. The van der Waals surface area contributed by atoms with E-state index in [0.717, 1.165) is 4.47 Å². The van der Waals surface area contributed by atoms with Crippen molar-refractivity contribution in [3.63, 3.8) is 0 Å². The van der Waals surface area contributed by atoms with Crippen LogP contribution in [0.4, 0.5) is 11.4 Å². The predicted octanol–water partition coefficient (Wildman–Crippen LogP) is 4.00. The van der Waals surface area contributed by atoms with Crippen molar-refractivity contribution in [3.8, 4) is 0 Å². The van der Waals surface area contributed by atoms with Gasteiger partial charge < -0.3 is 10.6 Å². The Kier molecular flexibility index (Phi) is 6.99. The first-order valence-corrected chi connectivity index (χ1v) is 8.85. The number of hydrogen-bond acceptors (Lipinski definition) is 3. The molecular formula is C18H19BrClN3O2. The minimum atomic E-state index is -0.472. The van der Waals surface area contributed by atoms with Crippen LogP contribution in [-0.2, 0) is 9.59 Å². The number of carbonyl (C=O) groups excluding carboxylic acids is 2. The summed E-state index contributed by atoms with van der Waals surface area (Å²) in [5.74, 6) is -0.390. The molecule has 0 aliphatic heterocycles. The Morgan fingerprint density at radius 3 is 2.40 bits per heavy atom. The maximum atomic E-state index is 12.3. The number of benzene rings is 2. The molecule has 0 radical (unpaired) electrons. The number of hydrogen-bond donors (Lipinski definition) is 2. The average Bonchev–Trinajstić information content (AvgIpc) is 2.58. The number of amides is 2. The fourth-order valence-corrected chi connectivity index (χ4v) is 2.61. The van der Waals surface area contributed by atoms with Crippen LogP contribution in [-0.4, -0.2) is 36.3 Å². The second-order valence-corrected chi connectivity index (χ2v) is 6.91. The molecule has 2 rings (SSSR count). The highest BCUT2D eigenvalue weighted by Crippen LogP contribution is 2.21. The lowest BCUT2D eigenvalue weighted by Gasteiger charge is -2.23. The first-order valence-electron chi connectivity index (χ1n) is 7.68. The average molecular weight is 425 g/mol. The Morgan fingerprint density at radius 1 is 1.12 bits per heavy atom. The van der Waals surface area contributed by atoms with Gasteiger partial charge in [0.25, 0.3) is 0 Å². The lowest BCUT2D eigenvalue weighted by atomic mass is 10.2. The minimum Gasteiger partial charge on any atom is -0.325 e. The topological polar surface area (TPSA) is 61.4 Å². The van der Waals surface area contributed by atoms with E-state index in [2.05, 4.69) is 26.6 Å². The molecule has 0 heterocycles. The van der Waals surface area contributed by atoms with Crippen LogP contribution in [0, 0.1) is 0 Å². The molecule has 0 spiro atoms. The van der Waals surface area contributed by atoms with Gasteiger partial charge in [0.1, 0.15) is 0 Å². The number of nitrogens with one attached hydrogen (secondary N) is 2. The van der Waals surface area contributed by atoms with E-state index in [1.165, 1.54) is 0 Å². The summed E-state index contributed by atoms with van der Waals surface area (Å²) in [4.78, 5) is 26.2. The summed E-state index contributed by atoms with van der Waals surface area (Å²) in [6.07, 6.45) is 0. The van der Waals surface area contributed by atoms with E-state index in [9.17, 15) is 9.59 Å². The number of likely N-dealkylation sites (N-methyl/N-ethyl adjacent to an activating group) is 1. The third-order valence-electron chi connectivity index (χ3n) is 3.69. The Labute approximate surface area is 160 Å². The molecule has 7 heteroatoms. The molecule has 0 saturated heterocycles. The SMILES string of the molecule is C[C@@H](C(=O)Nc1ccc(Cl)cc1)N(C)CC(=O)Nc1ccccc1Br. The van der Waals surface area contributed by atoms with Crippen LogP contribution in [0.3, 0.4) is 0 Å². The van der Waals surface area contributed by atoms with Crippen molar-refractivity contribution in [1.29, 1.82) is 0 Å². The fraction of sp³-hybridized carbons (Fsp3) is 0.222. The van der Waals surface area contributed by atoms with E-state index < -0.39 is 6.04 Å². The van der Waals surface area contributed by atoms with Crippen molar-refractivity contribution in [2.24, 2.45) is 0 Å². The van der Waals surface area contributed by atoms with Gasteiger partial charge in [0.05, 0.1) is 18.3 Å². The summed E-state index contributed by atoms with van der Waals surface area (Å²) in [6, 6.07) is 13.8. The minimum absolute atomic E-state index is 0.0938. The summed E-state index contributed by atoms with van der Waals surface area (Å²) < 4.78 is 0.805. The van der Waals surface area contributed by atoms with Crippen LogP contribution >= 0.6 is 27.5 Å². The molecule has 0 aliphatic rings. The first-order chi connectivity index (χ1) is 11.9. The molecule has 5 nitrogen and oxygen atoms in total. The van der Waals surface area contributed by atoms with Gasteiger partial charge in [0, 0.05) is 15.2 Å². The lowest BCUT2D eigenvalue weighted by Crippen LogP contribution is -2.43. The molecule has 0 aromatic heterocycles. The molecule has 0 unspecified atom stereocenters. The summed E-state index contributed by atoms with van der Waals surface area (Å²) >= 11 is 9.21. The molecule has 0 aliphatic carbocycles. The summed E-state index contributed by atoms with van der Waals surface area (Å²) in [5.41, 5.74) is 1.35. The predicted molar refractivity (Wildman–Crippen MR) is 105 cm³/mol. The van der Waals surface area contributed by atoms with E-state index in [0.29, 0.717) is 16.4 Å². The Hall–Kier alpha value is -1.89. The highest BCUT2D eigenvalue weighted by atomic mass is 79.9. The third kappa shape index (κ3) is 5.85. The molecular weight excluding hydrogens is 406 g/mol. The largest absolute Gasteiger partial charge is 0.325 e. The van der Waals surface area contributed by atoms with Gasteiger partial charge in [0.15, 0.2) is 0 Å². The maximum absolute atomic E-state index is 12.3. The zero-order valence-electron chi connectivity index (χ0n) is 13.9. The van der Waals surface area contributed by atoms with E-state index in [1.54, 1.807) is 49.2 Å². The fourth-order valence-electron chi connectivity index (χ4n) is 2.10. The molecule has 0 fully saturated rings. The molecule has 2 N–H and O–H groups in total. The number of nitrogens with zero attached hydrogens (tertiary/aromatic N) is 1. The summed E-state index contributed by atoms with van der Waals surface area (Å²) in [5, 5.41) is 6.22. The Balaban J connectivity index is 1.89. The van der Waals surface area contributed by atoms with Crippen molar-refractivity contribution in [2.45, 2.75) is 13.0 Å². The number of anilines is 2. The zero-order valence-corrected chi connectivity index (χ0v) is 16.3. The smallest absolute Gasteiger partial charge is 0.241 e. The van der Waals surface area contributed by atoms with Crippen LogP contribution < -0.4 is 10.6 Å². The van der Waals surface area contributed by atoms with Gasteiger partial charge in [-0.15, -0.1) is 0 Å². The quantitative estimate of drug-likeness (QED) is 0.737. The van der Waals surface area contributed by atoms with Crippen LogP contribution in [0.2, 0.25) is 5.02 Å². The van der Waals surface area contributed by atoms with Crippen molar-refractivity contribution >= 4 is 50.7 Å². The van der Waals surface area contributed by atoms with E-state index in [4.69, 9.17) is 11.6 Å². The number of carbonyl (C=O) groups is 2. The van der Waals surface area contributed by atoms with Crippen LogP contribution in [0.15, 0.2) is 53.0 Å². The molecule has 0 saturated carbocycles. The Bertz CT molecular complexity index is 752. The van der Waals surface area contributed by atoms with Crippen LogP contribution in [0.1, 0.15) is 6.92 Å². The van der Waals surface area contributed by atoms with Crippen molar-refractivity contribution in [2.75, 3.05) is 24.2 Å². The Morgan fingerprint density at radius 2 is 1.76 bits per heavy atom. The van der Waals surface area contributed by atoms with Crippen molar-refractivity contribution < 1.29 is 9.59 Å². The maximum Gasteiger partial charge on any atom is 0.241 e. The highest BCUT2D eigenvalue weighted by molar-refractivity contribution is 9.10. The van der Waals surface area contributed by atoms with Gasteiger partial charge >= 0.3 is 0 Å². The van der Waals surface area contributed by atoms with Gasteiger partial charge in [-0.1, -0.05) is 23.7 Å². The molecule has 132 valence electrons. The first kappa shape index (κ1) is 19.4. The number of halogens is 2. The van der Waals surface area contributed by atoms with E-state index in [-0.39, 0.29) is 18.4 Å². The lowest BCUT2D eigenvalue weighted by molar-refractivity contribution is -0.122. The summed E-state index contributed by atoms with van der Waals surface area (Å²) in [6.45, 7) is 1.84. The highest BCUT2D eigenvalue weighted by Gasteiger charge is 2.20. The van der Waals surface area contributed by atoms with E-state index in [1.807, 2.05) is 18.2 Å². The normalized spacial score (nSPS) is 11.9. The second-order valence-electron chi connectivity index (χ2n) is 5.62. The molecule has 2 aromatic rings. The molecule has 25 heavy (non-hydrogen) atoms. The van der Waals surface area contributed by atoms with Gasteiger partial charge in [-0.2, -0.15) is 0 Å². The van der Waals surface area contributed by atoms with Gasteiger partial charge in [-0.3, -0.25) is 14.5 Å². The monoisotopic (exact) mass is 423 g/mol. The van der Waals surface area contributed by atoms with Gasteiger partial charge in [0.2, 0.25) is 11.8 Å². The number of rotatable bonds is 6. The van der Waals surface area contributed by atoms with Crippen molar-refractivity contribution in [3.05, 3.63) is 58.0 Å².